The molecule has 0 bridgehead atoms. The number of carboxylic acids is 1. The number of rotatable bonds is 3. The number of β-lactam (4-membered cyclic amide) rings is 1. The summed E-state index contributed by atoms with van der Waals surface area (Å²) in [6.45, 7) is 9.10. The van der Waals surface area contributed by atoms with Gasteiger partial charge in [-0.05, 0) is 34.6 Å². The lowest BCUT2D eigenvalue weighted by Crippen LogP contribution is -2.75. The molecule has 0 saturated carbocycles. The standard InChI is InChI=1S/C14H19N3O4S/c1-6-8(7(2)21-16-6)15-14(5)11(20)17-9(10(18)19)13(3,4)22-12(14)17/h9,12,15H,1-5H3,(H,18,19)/t9-,12+,14-/m0/s1. The molecule has 0 aliphatic carbocycles. The Bertz CT molecular complexity index is 652. The van der Waals surface area contributed by atoms with Gasteiger partial charge in [-0.1, -0.05) is 5.16 Å². The van der Waals surface area contributed by atoms with E-state index in [-0.39, 0.29) is 11.3 Å². The lowest BCUT2D eigenvalue weighted by molar-refractivity contribution is -0.163. The molecule has 2 fully saturated rings. The molecule has 0 aromatic carbocycles. The number of nitrogens with one attached hydrogen (secondary N) is 1. The molecule has 1 amide bonds. The molecule has 3 rings (SSSR count). The zero-order valence-corrected chi connectivity index (χ0v) is 13.9. The first-order valence-corrected chi connectivity index (χ1v) is 7.92. The second kappa shape index (κ2) is 4.41. The van der Waals surface area contributed by atoms with Gasteiger partial charge in [0, 0.05) is 4.75 Å². The first-order valence-electron chi connectivity index (χ1n) is 7.04. The number of aryl methyl sites for hydroxylation is 2. The molecule has 7 nitrogen and oxygen atoms in total. The maximum atomic E-state index is 12.7. The number of anilines is 1. The van der Waals surface area contributed by atoms with Crippen molar-refractivity contribution < 1.29 is 19.2 Å². The fraction of sp³-hybridized carbons (Fsp3) is 0.643. The summed E-state index contributed by atoms with van der Waals surface area (Å²) in [5.74, 6) is -0.558. The minimum absolute atomic E-state index is 0.206. The molecule has 22 heavy (non-hydrogen) atoms. The Hall–Kier alpha value is -1.70. The van der Waals surface area contributed by atoms with Crippen LogP contribution < -0.4 is 5.32 Å². The van der Waals surface area contributed by atoms with Crippen LogP contribution in [0, 0.1) is 13.8 Å². The highest BCUT2D eigenvalue weighted by atomic mass is 32.2. The van der Waals surface area contributed by atoms with E-state index >= 15 is 0 Å². The van der Waals surface area contributed by atoms with Gasteiger partial charge in [0.1, 0.15) is 28.3 Å². The Morgan fingerprint density at radius 1 is 1.41 bits per heavy atom. The number of aliphatic carboxylic acids is 1. The summed E-state index contributed by atoms with van der Waals surface area (Å²) >= 11 is 1.51. The Morgan fingerprint density at radius 3 is 2.55 bits per heavy atom. The zero-order valence-electron chi connectivity index (χ0n) is 13.1. The SMILES string of the molecule is Cc1noc(C)c1N[C@@]1(C)C(=O)N2[C@@H](C(=O)O)C(C)(C)S[C@@H]21. The Balaban J connectivity index is 1.92. The van der Waals surface area contributed by atoms with Crippen molar-refractivity contribution in [1.82, 2.24) is 10.1 Å². The van der Waals surface area contributed by atoms with E-state index in [1.54, 1.807) is 20.8 Å². The van der Waals surface area contributed by atoms with Gasteiger partial charge in [-0.25, -0.2) is 4.79 Å². The van der Waals surface area contributed by atoms with Crippen molar-refractivity contribution in [3.05, 3.63) is 11.5 Å². The summed E-state index contributed by atoms with van der Waals surface area (Å²) in [6.07, 6.45) is 0. The highest BCUT2D eigenvalue weighted by Gasteiger charge is 2.69. The number of hydrogen-bond acceptors (Lipinski definition) is 6. The van der Waals surface area contributed by atoms with Gasteiger partial charge in [0.25, 0.3) is 5.91 Å². The molecule has 0 radical (unpaired) electrons. The second-order valence-corrected chi connectivity index (χ2v) is 8.29. The van der Waals surface area contributed by atoms with Crippen molar-refractivity contribution in [1.29, 1.82) is 0 Å². The van der Waals surface area contributed by atoms with Crippen molar-refractivity contribution in [3.8, 4) is 0 Å². The molecule has 0 unspecified atom stereocenters. The normalized spacial score (nSPS) is 32.6. The van der Waals surface area contributed by atoms with Gasteiger partial charge in [-0.2, -0.15) is 0 Å². The maximum absolute atomic E-state index is 12.7. The molecule has 0 spiro atoms. The fourth-order valence-corrected chi connectivity index (χ4v) is 4.90. The van der Waals surface area contributed by atoms with Crippen LogP contribution in [-0.2, 0) is 9.59 Å². The fourth-order valence-electron chi connectivity index (χ4n) is 3.26. The third-order valence-electron chi connectivity index (χ3n) is 4.43. The van der Waals surface area contributed by atoms with E-state index in [2.05, 4.69) is 10.5 Å². The predicted octanol–water partition coefficient (Wildman–Crippen LogP) is 1.61. The largest absolute Gasteiger partial charge is 0.480 e. The number of carboxylic acid groups (broad SMARTS) is 1. The Morgan fingerprint density at radius 2 is 2.05 bits per heavy atom. The molecular formula is C14H19N3O4S. The molecule has 2 aliphatic heterocycles. The van der Waals surface area contributed by atoms with Gasteiger partial charge in [0.2, 0.25) is 0 Å². The van der Waals surface area contributed by atoms with Crippen LogP contribution in [0.25, 0.3) is 0 Å². The van der Waals surface area contributed by atoms with Crippen LogP contribution in [0.3, 0.4) is 0 Å². The van der Waals surface area contributed by atoms with E-state index in [1.165, 1.54) is 16.7 Å². The lowest BCUT2D eigenvalue weighted by Gasteiger charge is -2.51. The smallest absolute Gasteiger partial charge is 0.327 e. The van der Waals surface area contributed by atoms with Gasteiger partial charge >= 0.3 is 5.97 Å². The first-order chi connectivity index (χ1) is 10.1. The predicted molar refractivity (Wildman–Crippen MR) is 81.7 cm³/mol. The summed E-state index contributed by atoms with van der Waals surface area (Å²) in [6, 6.07) is -0.811. The van der Waals surface area contributed by atoms with Gasteiger partial charge in [-0.3, -0.25) is 4.79 Å². The molecule has 3 atom stereocenters. The average Bonchev–Trinajstić information content (AvgIpc) is 2.87. The van der Waals surface area contributed by atoms with Crippen LogP contribution >= 0.6 is 11.8 Å². The van der Waals surface area contributed by atoms with E-state index in [9.17, 15) is 14.7 Å². The summed E-state index contributed by atoms with van der Waals surface area (Å²) in [5.41, 5.74) is 0.530. The second-order valence-electron chi connectivity index (χ2n) is 6.55. The molecule has 2 N–H and O–H groups in total. The summed E-state index contributed by atoms with van der Waals surface area (Å²) in [5, 5.41) is 16.3. The summed E-state index contributed by atoms with van der Waals surface area (Å²) in [7, 11) is 0. The number of amides is 1. The lowest BCUT2D eigenvalue weighted by atomic mass is 9.86. The van der Waals surface area contributed by atoms with Gasteiger partial charge < -0.3 is 19.8 Å². The van der Waals surface area contributed by atoms with Crippen molar-refractivity contribution in [2.75, 3.05) is 5.32 Å². The molecule has 1 aromatic heterocycles. The van der Waals surface area contributed by atoms with Crippen LogP contribution in [-0.4, -0.2) is 48.7 Å². The highest BCUT2D eigenvalue weighted by molar-refractivity contribution is 8.01. The van der Waals surface area contributed by atoms with Gasteiger partial charge in [0.15, 0.2) is 5.76 Å². The number of nitrogens with zero attached hydrogens (tertiary/aromatic N) is 2. The monoisotopic (exact) mass is 325 g/mol. The maximum Gasteiger partial charge on any atom is 0.327 e. The molecule has 120 valence electrons. The molecule has 2 saturated heterocycles. The van der Waals surface area contributed by atoms with E-state index in [0.29, 0.717) is 17.1 Å². The minimum Gasteiger partial charge on any atom is -0.480 e. The minimum atomic E-state index is -0.965. The third-order valence-corrected chi connectivity index (χ3v) is 6.18. The van der Waals surface area contributed by atoms with E-state index in [4.69, 9.17) is 4.52 Å². The molecule has 1 aromatic rings. The number of carbonyl (C=O) groups is 2. The van der Waals surface area contributed by atoms with E-state index in [1.807, 2.05) is 13.8 Å². The van der Waals surface area contributed by atoms with E-state index in [0.717, 1.165) is 0 Å². The molecule has 3 heterocycles. The Kier molecular flexibility index (Phi) is 3.05. The number of carbonyl (C=O) groups excluding carboxylic acids is 1. The van der Waals surface area contributed by atoms with Crippen molar-refractivity contribution in [2.24, 2.45) is 0 Å². The Labute approximate surface area is 132 Å². The molecule has 2 aliphatic rings. The third kappa shape index (κ3) is 1.79. The van der Waals surface area contributed by atoms with Crippen molar-refractivity contribution in [3.63, 3.8) is 0 Å². The van der Waals surface area contributed by atoms with Crippen LogP contribution in [0.5, 0.6) is 0 Å². The summed E-state index contributed by atoms with van der Waals surface area (Å²) in [4.78, 5) is 25.7. The molecule has 8 heteroatoms. The van der Waals surface area contributed by atoms with Crippen molar-refractivity contribution in [2.45, 2.75) is 56.3 Å². The van der Waals surface area contributed by atoms with E-state index < -0.39 is 22.3 Å². The van der Waals surface area contributed by atoms with Crippen LogP contribution in [0.15, 0.2) is 4.52 Å². The highest BCUT2D eigenvalue weighted by Crippen LogP contribution is 2.55. The first kappa shape index (κ1) is 15.2. The average molecular weight is 325 g/mol. The number of thioether (sulfide) groups is 1. The van der Waals surface area contributed by atoms with Crippen molar-refractivity contribution >= 4 is 29.3 Å². The number of aromatic nitrogens is 1. The quantitative estimate of drug-likeness (QED) is 0.815. The topological polar surface area (TPSA) is 95.7 Å². The van der Waals surface area contributed by atoms with Gasteiger partial charge in [0.05, 0.1) is 0 Å². The zero-order chi connectivity index (χ0) is 16.4. The van der Waals surface area contributed by atoms with Crippen LogP contribution in [0.2, 0.25) is 0 Å². The summed E-state index contributed by atoms with van der Waals surface area (Å²) < 4.78 is 4.58. The van der Waals surface area contributed by atoms with Crippen LogP contribution in [0.1, 0.15) is 32.2 Å². The number of fused-ring (bicyclic) bond motifs is 1. The molecular weight excluding hydrogens is 306 g/mol. The van der Waals surface area contributed by atoms with Gasteiger partial charge in [-0.15, -0.1) is 11.8 Å². The number of hydrogen-bond donors (Lipinski definition) is 2. The van der Waals surface area contributed by atoms with Crippen LogP contribution in [0.4, 0.5) is 5.69 Å².